The van der Waals surface area contributed by atoms with Gasteiger partial charge in [0.1, 0.15) is 17.7 Å². The highest BCUT2D eigenvalue weighted by Crippen LogP contribution is 2.26. The minimum absolute atomic E-state index is 0.0867. The zero-order chi connectivity index (χ0) is 14.4. The van der Waals surface area contributed by atoms with Crippen LogP contribution in [0, 0.1) is 29.6 Å². The Balaban J connectivity index is 3.23. The van der Waals surface area contributed by atoms with Crippen molar-refractivity contribution < 1.29 is 9.53 Å². The number of hydrogen-bond acceptors (Lipinski definition) is 5. The van der Waals surface area contributed by atoms with Crippen LogP contribution in [0.1, 0.15) is 15.9 Å². The van der Waals surface area contributed by atoms with Gasteiger partial charge in [-0.15, -0.1) is 0 Å². The maximum Gasteiger partial charge on any atom is 0.340 e. The molecule has 0 heterocycles. The van der Waals surface area contributed by atoms with Crippen LogP contribution in [-0.4, -0.2) is 13.1 Å². The largest absolute Gasteiger partial charge is 0.465 e. The van der Waals surface area contributed by atoms with E-state index in [2.05, 4.69) is 26.0 Å². The van der Waals surface area contributed by atoms with Crippen molar-refractivity contribution in [1.29, 1.82) is 10.5 Å². The van der Waals surface area contributed by atoms with Crippen LogP contribution in [0.4, 0.5) is 5.69 Å². The van der Waals surface area contributed by atoms with E-state index < -0.39 is 5.97 Å². The van der Waals surface area contributed by atoms with E-state index in [1.54, 1.807) is 24.3 Å². The summed E-state index contributed by atoms with van der Waals surface area (Å²) < 4.78 is 5.45. The summed E-state index contributed by atoms with van der Waals surface area (Å²) in [4.78, 5) is 11.6. The first-order valence-corrected chi connectivity index (χ1v) is 5.98. The first-order chi connectivity index (χ1) is 9.03. The molecule has 0 fully saturated rings. The van der Waals surface area contributed by atoms with Gasteiger partial charge in [0.05, 0.1) is 18.4 Å². The summed E-state index contributed by atoms with van der Waals surface area (Å²) in [5.41, 5.74) is 1.59. The number of ether oxygens (including phenoxy) is 1. The SMILES string of the molecule is COC(=O)c1cc(Br)c(C)cc1NC=C(C#N)C#N. The molecule has 0 aliphatic carbocycles. The van der Waals surface area contributed by atoms with Crippen LogP contribution in [0.15, 0.2) is 28.4 Å². The number of anilines is 1. The third-order valence-electron chi connectivity index (χ3n) is 2.32. The summed E-state index contributed by atoms with van der Waals surface area (Å²) in [6.45, 7) is 1.86. The van der Waals surface area contributed by atoms with Crippen LogP contribution in [0.5, 0.6) is 0 Å². The summed E-state index contributed by atoms with van der Waals surface area (Å²) in [6.07, 6.45) is 1.25. The van der Waals surface area contributed by atoms with Crippen LogP contribution in [0.2, 0.25) is 0 Å². The fraction of sp³-hybridized carbons (Fsp3) is 0.154. The molecule has 0 aromatic heterocycles. The molecule has 0 bridgehead atoms. The fourth-order valence-electron chi connectivity index (χ4n) is 1.32. The molecule has 19 heavy (non-hydrogen) atoms. The molecule has 0 saturated heterocycles. The minimum atomic E-state index is -0.507. The smallest absolute Gasteiger partial charge is 0.340 e. The average molecular weight is 320 g/mol. The highest BCUT2D eigenvalue weighted by molar-refractivity contribution is 9.10. The molecular weight excluding hydrogens is 310 g/mol. The second-order valence-corrected chi connectivity index (χ2v) is 4.42. The highest BCUT2D eigenvalue weighted by Gasteiger charge is 2.13. The molecule has 0 unspecified atom stereocenters. The Morgan fingerprint density at radius 2 is 2.05 bits per heavy atom. The number of hydrogen-bond donors (Lipinski definition) is 1. The molecule has 1 N–H and O–H groups in total. The molecular formula is C13H10BrN3O2. The van der Waals surface area contributed by atoms with Gasteiger partial charge in [0, 0.05) is 10.7 Å². The lowest BCUT2D eigenvalue weighted by Gasteiger charge is -2.10. The second kappa shape index (κ2) is 6.58. The van der Waals surface area contributed by atoms with Crippen LogP contribution in [0.25, 0.3) is 0 Å². The topological polar surface area (TPSA) is 85.9 Å². The zero-order valence-electron chi connectivity index (χ0n) is 10.3. The number of carbonyl (C=O) groups is 1. The number of allylic oxidation sites excluding steroid dienone is 1. The van der Waals surface area contributed by atoms with Gasteiger partial charge in [-0.2, -0.15) is 10.5 Å². The van der Waals surface area contributed by atoms with Crippen molar-refractivity contribution in [2.75, 3.05) is 12.4 Å². The molecule has 6 heteroatoms. The van der Waals surface area contributed by atoms with E-state index in [4.69, 9.17) is 10.5 Å². The molecule has 0 saturated carbocycles. The van der Waals surface area contributed by atoms with Crippen molar-refractivity contribution in [2.45, 2.75) is 6.92 Å². The van der Waals surface area contributed by atoms with Gasteiger partial charge in [0.2, 0.25) is 0 Å². The van der Waals surface area contributed by atoms with E-state index in [1.807, 2.05) is 6.92 Å². The Kier molecular flexibility index (Phi) is 5.11. The number of rotatable bonds is 3. The minimum Gasteiger partial charge on any atom is -0.465 e. The highest BCUT2D eigenvalue weighted by atomic mass is 79.9. The van der Waals surface area contributed by atoms with Crippen molar-refractivity contribution in [3.05, 3.63) is 39.5 Å². The summed E-state index contributed by atoms with van der Waals surface area (Å²) in [7, 11) is 1.28. The maximum atomic E-state index is 11.6. The third kappa shape index (κ3) is 3.57. The van der Waals surface area contributed by atoms with Gasteiger partial charge in [0.25, 0.3) is 0 Å². The van der Waals surface area contributed by atoms with Crippen molar-refractivity contribution in [3.63, 3.8) is 0 Å². The van der Waals surface area contributed by atoms with Crippen LogP contribution in [-0.2, 0) is 4.74 Å². The van der Waals surface area contributed by atoms with E-state index in [-0.39, 0.29) is 5.57 Å². The van der Waals surface area contributed by atoms with Gasteiger partial charge >= 0.3 is 5.97 Å². The lowest BCUT2D eigenvalue weighted by molar-refractivity contribution is 0.0602. The van der Waals surface area contributed by atoms with Crippen LogP contribution >= 0.6 is 15.9 Å². The molecule has 0 aliphatic heterocycles. The van der Waals surface area contributed by atoms with Crippen LogP contribution in [0.3, 0.4) is 0 Å². The predicted octanol–water partition coefficient (Wildman–Crippen LogP) is 2.89. The zero-order valence-corrected chi connectivity index (χ0v) is 11.9. The molecule has 0 atom stereocenters. The molecule has 5 nitrogen and oxygen atoms in total. The van der Waals surface area contributed by atoms with Gasteiger partial charge in [-0.05, 0) is 24.6 Å². The molecule has 0 spiro atoms. The summed E-state index contributed by atoms with van der Waals surface area (Å²) in [5.74, 6) is -0.507. The lowest BCUT2D eigenvalue weighted by atomic mass is 10.1. The van der Waals surface area contributed by atoms with E-state index in [0.717, 1.165) is 10.0 Å². The molecule has 0 amide bonds. The Bertz CT molecular complexity index is 608. The number of benzene rings is 1. The molecule has 1 aromatic rings. The van der Waals surface area contributed by atoms with E-state index in [0.29, 0.717) is 11.3 Å². The van der Waals surface area contributed by atoms with Gasteiger partial charge in [-0.3, -0.25) is 0 Å². The van der Waals surface area contributed by atoms with Gasteiger partial charge in [-0.1, -0.05) is 15.9 Å². The number of aryl methyl sites for hydroxylation is 1. The first-order valence-electron chi connectivity index (χ1n) is 5.18. The lowest BCUT2D eigenvalue weighted by Crippen LogP contribution is -2.06. The molecule has 96 valence electrons. The van der Waals surface area contributed by atoms with Crippen LogP contribution < -0.4 is 5.32 Å². The second-order valence-electron chi connectivity index (χ2n) is 3.56. The Labute approximate surface area is 119 Å². The summed E-state index contributed by atoms with van der Waals surface area (Å²) in [6, 6.07) is 6.79. The number of halogens is 1. The van der Waals surface area contributed by atoms with Crippen molar-refractivity contribution in [3.8, 4) is 12.1 Å². The molecule has 0 radical (unpaired) electrons. The predicted molar refractivity (Wildman–Crippen MR) is 73.2 cm³/mol. The monoisotopic (exact) mass is 319 g/mol. The molecule has 1 aromatic carbocycles. The van der Waals surface area contributed by atoms with Gasteiger partial charge in [-0.25, -0.2) is 4.79 Å². The fourth-order valence-corrected chi connectivity index (χ4v) is 1.66. The van der Waals surface area contributed by atoms with E-state index >= 15 is 0 Å². The summed E-state index contributed by atoms with van der Waals surface area (Å²) in [5, 5.41) is 20.1. The summed E-state index contributed by atoms with van der Waals surface area (Å²) >= 11 is 3.33. The van der Waals surface area contributed by atoms with E-state index in [9.17, 15) is 4.79 Å². The number of nitrogens with zero attached hydrogens (tertiary/aromatic N) is 2. The quantitative estimate of drug-likeness (QED) is 0.683. The Morgan fingerprint density at radius 3 is 2.58 bits per heavy atom. The Morgan fingerprint density at radius 1 is 1.42 bits per heavy atom. The normalized spacial score (nSPS) is 8.89. The molecule has 0 aliphatic rings. The standard InChI is InChI=1S/C13H10BrN3O2/c1-8-3-12(17-7-9(5-15)6-16)10(4-11(8)14)13(18)19-2/h3-4,7,17H,1-2H3. The van der Waals surface area contributed by atoms with Crippen molar-refractivity contribution >= 4 is 27.6 Å². The number of nitriles is 2. The third-order valence-corrected chi connectivity index (χ3v) is 3.17. The Hall–Kier alpha value is -2.31. The number of esters is 1. The number of carbonyl (C=O) groups excluding carboxylic acids is 1. The average Bonchev–Trinajstić information content (AvgIpc) is 2.42. The van der Waals surface area contributed by atoms with E-state index in [1.165, 1.54) is 13.3 Å². The number of methoxy groups -OCH3 is 1. The number of nitrogens with one attached hydrogen (secondary N) is 1. The van der Waals surface area contributed by atoms with Gasteiger partial charge in [0.15, 0.2) is 0 Å². The van der Waals surface area contributed by atoms with Crippen molar-refractivity contribution in [1.82, 2.24) is 0 Å². The van der Waals surface area contributed by atoms with Gasteiger partial charge < -0.3 is 10.1 Å². The molecule has 1 rings (SSSR count). The first kappa shape index (κ1) is 14.7. The maximum absolute atomic E-state index is 11.6. The van der Waals surface area contributed by atoms with Crippen molar-refractivity contribution in [2.24, 2.45) is 0 Å².